The molecule has 2 fully saturated rings. The quantitative estimate of drug-likeness (QED) is 0.206. The summed E-state index contributed by atoms with van der Waals surface area (Å²) in [6.45, 7) is 12.0. The molecule has 2 aromatic carbocycles. The molecule has 1 aromatic heterocycles. The molecule has 2 heterocycles. The fraction of sp³-hybridized carbons (Fsp3) is 0.444. The zero-order chi connectivity index (χ0) is 33.9. The maximum absolute atomic E-state index is 14.0. The van der Waals surface area contributed by atoms with Crippen LogP contribution in [0.5, 0.6) is 11.5 Å². The number of likely N-dealkylation sites (tertiary alicyclic amines) is 1. The van der Waals surface area contributed by atoms with Crippen molar-refractivity contribution >= 4 is 28.8 Å². The fourth-order valence-corrected chi connectivity index (χ4v) is 6.12. The Morgan fingerprint density at radius 1 is 1.17 bits per heavy atom. The van der Waals surface area contributed by atoms with Crippen LogP contribution in [0.25, 0.3) is 22.2 Å². The van der Waals surface area contributed by atoms with E-state index >= 15 is 0 Å². The smallest absolute Gasteiger partial charge is 0.332 e. The lowest BCUT2D eigenvalue weighted by atomic mass is 9.87. The molecule has 250 valence electrons. The molecule has 4 N–H and O–H groups in total. The summed E-state index contributed by atoms with van der Waals surface area (Å²) in [6.07, 6.45) is 1.67. The van der Waals surface area contributed by atoms with Gasteiger partial charge in [-0.2, -0.15) is 0 Å². The number of fused-ring (bicyclic) bond motifs is 1. The van der Waals surface area contributed by atoms with E-state index in [2.05, 4.69) is 17.2 Å². The standard InChI is InChI=1S/C36H45N5O6/c1-7-23-19-36(23,33(43)46-8-2)40-32(42)29-17-25(21-41(29)34(44)39-31(20-37)35(3,4)5)47-30-18-27(22-12-10-9-11-13-22)38-28-16-24(45-6)14-15-26(28)30/h7,9-16,18,23,25,29,31H,1,8,17,19-21,37H2,2-6H3,(H,39,44)(H,40,42)/t23?,25-,29?,31?,36-/m1/s1. The number of rotatable bonds is 11. The first-order valence-electron chi connectivity index (χ1n) is 16.0. The third-order valence-corrected chi connectivity index (χ3v) is 9.03. The molecular formula is C36H45N5O6. The second-order valence-corrected chi connectivity index (χ2v) is 13.2. The zero-order valence-electron chi connectivity index (χ0n) is 27.7. The summed E-state index contributed by atoms with van der Waals surface area (Å²) in [5.74, 6) is -0.0147. The van der Waals surface area contributed by atoms with Crippen molar-refractivity contribution in [3.63, 3.8) is 0 Å². The van der Waals surface area contributed by atoms with Crippen molar-refractivity contribution in [3.8, 4) is 22.8 Å². The van der Waals surface area contributed by atoms with Crippen molar-refractivity contribution in [1.29, 1.82) is 0 Å². The van der Waals surface area contributed by atoms with Crippen LogP contribution in [0.1, 0.15) is 40.5 Å². The van der Waals surface area contributed by atoms with Gasteiger partial charge >= 0.3 is 12.0 Å². The molecule has 3 aromatic rings. The molecular weight excluding hydrogens is 598 g/mol. The van der Waals surface area contributed by atoms with Crippen molar-refractivity contribution in [2.45, 2.75) is 64.3 Å². The highest BCUT2D eigenvalue weighted by Gasteiger charge is 2.62. The van der Waals surface area contributed by atoms with Crippen LogP contribution in [-0.2, 0) is 14.3 Å². The highest BCUT2D eigenvalue weighted by molar-refractivity contribution is 5.95. The fourth-order valence-electron chi connectivity index (χ4n) is 6.12. The van der Waals surface area contributed by atoms with Gasteiger partial charge in [-0.15, -0.1) is 6.58 Å². The average molecular weight is 644 g/mol. The minimum Gasteiger partial charge on any atom is -0.497 e. The van der Waals surface area contributed by atoms with Gasteiger partial charge in [-0.05, 0) is 30.9 Å². The number of nitrogens with two attached hydrogens (primary N) is 1. The van der Waals surface area contributed by atoms with Crippen molar-refractivity contribution in [2.24, 2.45) is 17.1 Å². The second kappa shape index (κ2) is 13.6. The largest absolute Gasteiger partial charge is 0.497 e. The van der Waals surface area contributed by atoms with Gasteiger partial charge in [-0.3, -0.25) is 4.79 Å². The molecule has 5 atom stereocenters. The van der Waals surface area contributed by atoms with Gasteiger partial charge < -0.3 is 35.5 Å². The van der Waals surface area contributed by atoms with E-state index in [4.69, 9.17) is 24.9 Å². The van der Waals surface area contributed by atoms with Crippen LogP contribution in [0.15, 0.2) is 67.3 Å². The van der Waals surface area contributed by atoms with E-state index in [0.717, 1.165) is 10.9 Å². The molecule has 5 rings (SSSR count). The normalized spacial score (nSPS) is 22.7. The van der Waals surface area contributed by atoms with E-state index in [1.165, 1.54) is 4.90 Å². The molecule has 11 nitrogen and oxygen atoms in total. The molecule has 1 aliphatic heterocycles. The summed E-state index contributed by atoms with van der Waals surface area (Å²) < 4.78 is 17.4. The van der Waals surface area contributed by atoms with E-state index in [9.17, 15) is 14.4 Å². The van der Waals surface area contributed by atoms with Gasteiger partial charge in [0.05, 0.1) is 31.5 Å². The lowest BCUT2D eigenvalue weighted by Crippen LogP contribution is -2.57. The van der Waals surface area contributed by atoms with E-state index in [1.807, 2.05) is 75.4 Å². The molecule has 1 saturated heterocycles. The Hall–Kier alpha value is -4.64. The number of hydrogen-bond acceptors (Lipinski definition) is 8. The third kappa shape index (κ3) is 7.05. The van der Waals surface area contributed by atoms with Crippen LogP contribution in [0.3, 0.4) is 0 Å². The number of pyridine rings is 1. The van der Waals surface area contributed by atoms with Gasteiger partial charge in [0, 0.05) is 48.0 Å². The van der Waals surface area contributed by atoms with E-state index in [-0.39, 0.29) is 43.5 Å². The monoisotopic (exact) mass is 643 g/mol. The number of nitrogens with zero attached hydrogens (tertiary/aromatic N) is 2. The van der Waals surface area contributed by atoms with Crippen LogP contribution in [0, 0.1) is 11.3 Å². The molecule has 11 heteroatoms. The number of hydrogen-bond donors (Lipinski definition) is 3. The number of benzene rings is 2. The predicted molar refractivity (Wildman–Crippen MR) is 180 cm³/mol. The van der Waals surface area contributed by atoms with E-state index < -0.39 is 35.6 Å². The highest BCUT2D eigenvalue weighted by Crippen LogP contribution is 2.46. The Morgan fingerprint density at radius 2 is 1.91 bits per heavy atom. The summed E-state index contributed by atoms with van der Waals surface area (Å²) in [5.41, 5.74) is 6.81. The number of esters is 1. The first-order valence-corrected chi connectivity index (χ1v) is 16.0. The first-order chi connectivity index (χ1) is 22.4. The van der Waals surface area contributed by atoms with E-state index in [1.54, 1.807) is 20.1 Å². The molecule has 2 aliphatic rings. The maximum atomic E-state index is 14.0. The van der Waals surface area contributed by atoms with Gasteiger partial charge in [-0.25, -0.2) is 14.6 Å². The molecule has 47 heavy (non-hydrogen) atoms. The van der Waals surface area contributed by atoms with Gasteiger partial charge in [0.1, 0.15) is 29.2 Å². The number of carbonyl (C=O) groups is 3. The van der Waals surface area contributed by atoms with Gasteiger partial charge in [-0.1, -0.05) is 57.2 Å². The molecule has 0 radical (unpaired) electrons. The Kier molecular flexibility index (Phi) is 9.76. The topological polar surface area (TPSA) is 145 Å². The number of amides is 3. The van der Waals surface area contributed by atoms with Crippen molar-refractivity contribution < 1.29 is 28.6 Å². The summed E-state index contributed by atoms with van der Waals surface area (Å²) in [4.78, 5) is 47.1. The highest BCUT2D eigenvalue weighted by atomic mass is 16.5. The maximum Gasteiger partial charge on any atom is 0.332 e. The average Bonchev–Trinajstić information content (AvgIpc) is 3.61. The summed E-state index contributed by atoms with van der Waals surface area (Å²) in [5, 5.41) is 6.71. The molecule has 1 saturated carbocycles. The summed E-state index contributed by atoms with van der Waals surface area (Å²) >= 11 is 0. The molecule has 1 aliphatic carbocycles. The Labute approximate surface area is 275 Å². The molecule has 3 unspecified atom stereocenters. The predicted octanol–water partition coefficient (Wildman–Crippen LogP) is 4.44. The van der Waals surface area contributed by atoms with Gasteiger partial charge in [0.15, 0.2) is 0 Å². The lowest BCUT2D eigenvalue weighted by molar-refractivity contribution is -0.149. The molecule has 3 amide bonds. The van der Waals surface area contributed by atoms with Crippen molar-refractivity contribution in [2.75, 3.05) is 26.8 Å². The number of ether oxygens (including phenoxy) is 3. The number of nitrogens with one attached hydrogen (secondary N) is 2. The number of aromatic nitrogens is 1. The zero-order valence-corrected chi connectivity index (χ0v) is 27.7. The van der Waals surface area contributed by atoms with E-state index in [0.29, 0.717) is 29.1 Å². The first kappa shape index (κ1) is 33.7. The minimum atomic E-state index is -1.20. The van der Waals surface area contributed by atoms with Crippen molar-refractivity contribution in [1.82, 2.24) is 20.5 Å². The lowest BCUT2D eigenvalue weighted by Gasteiger charge is -2.33. The van der Waals surface area contributed by atoms with Crippen molar-refractivity contribution in [3.05, 3.63) is 67.3 Å². The molecule has 0 spiro atoms. The minimum absolute atomic E-state index is 0.128. The van der Waals surface area contributed by atoms with Crippen LogP contribution in [0.2, 0.25) is 0 Å². The Balaban J connectivity index is 1.47. The van der Waals surface area contributed by atoms with Crippen LogP contribution >= 0.6 is 0 Å². The number of carbonyl (C=O) groups excluding carboxylic acids is 3. The van der Waals surface area contributed by atoms with Crippen LogP contribution in [0.4, 0.5) is 4.79 Å². The summed E-state index contributed by atoms with van der Waals surface area (Å²) in [6, 6.07) is 15.5. The Morgan fingerprint density at radius 3 is 2.53 bits per heavy atom. The second-order valence-electron chi connectivity index (χ2n) is 13.2. The van der Waals surface area contributed by atoms with Crippen LogP contribution in [-0.4, -0.2) is 78.3 Å². The summed E-state index contributed by atoms with van der Waals surface area (Å²) in [7, 11) is 1.60. The number of urea groups is 1. The van der Waals surface area contributed by atoms with Crippen LogP contribution < -0.4 is 25.8 Å². The Bertz CT molecular complexity index is 1640. The molecule has 0 bridgehead atoms. The van der Waals surface area contributed by atoms with Gasteiger partial charge in [0.2, 0.25) is 5.91 Å². The third-order valence-electron chi connectivity index (χ3n) is 9.03. The SMILES string of the molecule is C=CC1C[C@]1(NC(=O)C1C[C@@H](Oc2cc(-c3ccccc3)nc3cc(OC)ccc23)CN1C(=O)NC(CN)C(C)(C)C)C(=O)OCC. The van der Waals surface area contributed by atoms with Gasteiger partial charge in [0.25, 0.3) is 0 Å². The number of methoxy groups -OCH3 is 1.